The van der Waals surface area contributed by atoms with Crippen molar-refractivity contribution in [3.63, 3.8) is 0 Å². The summed E-state index contributed by atoms with van der Waals surface area (Å²) in [6, 6.07) is 4.90. The summed E-state index contributed by atoms with van der Waals surface area (Å²) in [5.41, 5.74) is 1.28. The van der Waals surface area contributed by atoms with E-state index in [4.69, 9.17) is 16.7 Å². The van der Waals surface area contributed by atoms with Gasteiger partial charge in [-0.2, -0.15) is 0 Å². The van der Waals surface area contributed by atoms with Gasteiger partial charge in [0.2, 0.25) is 0 Å². The van der Waals surface area contributed by atoms with Gasteiger partial charge in [-0.05, 0) is 24.1 Å². The van der Waals surface area contributed by atoms with Gasteiger partial charge in [0.15, 0.2) is 6.29 Å². The van der Waals surface area contributed by atoms with Crippen molar-refractivity contribution in [3.05, 3.63) is 29.3 Å². The molecule has 0 radical (unpaired) electrons. The first-order valence-electron chi connectivity index (χ1n) is 3.61. The zero-order chi connectivity index (χ0) is 8.97. The summed E-state index contributed by atoms with van der Waals surface area (Å²) >= 11 is 5.52. The summed E-state index contributed by atoms with van der Waals surface area (Å²) < 4.78 is 0. The Labute approximate surface area is 75.8 Å². The molecule has 0 aliphatic carbocycles. The van der Waals surface area contributed by atoms with E-state index in [0.29, 0.717) is 24.2 Å². The average Bonchev–Trinajstić information content (AvgIpc) is 2.09. The molecule has 0 fully saturated rings. The van der Waals surface area contributed by atoms with E-state index in [1.807, 2.05) is 0 Å². The number of aldehydes is 1. The van der Waals surface area contributed by atoms with Gasteiger partial charge in [-0.3, -0.25) is 4.79 Å². The van der Waals surface area contributed by atoms with Crippen LogP contribution in [-0.4, -0.2) is 17.3 Å². The van der Waals surface area contributed by atoms with Crippen molar-refractivity contribution in [1.29, 1.82) is 0 Å². The predicted octanol–water partition coefficient (Wildman–Crippen LogP) is 1.99. The van der Waals surface area contributed by atoms with Crippen LogP contribution in [0.25, 0.3) is 0 Å². The Bertz CT molecular complexity index is 284. The molecule has 2 nitrogen and oxygen atoms in total. The first-order valence-corrected chi connectivity index (χ1v) is 4.14. The Morgan fingerprint density at radius 2 is 2.25 bits per heavy atom. The highest BCUT2D eigenvalue weighted by atomic mass is 35.5. The SMILES string of the molecule is O=Cc1cc(CCCl)ccc1O. The number of hydrogen-bond acceptors (Lipinski definition) is 2. The van der Waals surface area contributed by atoms with Gasteiger partial charge in [0.1, 0.15) is 5.75 Å². The van der Waals surface area contributed by atoms with E-state index in [-0.39, 0.29) is 5.75 Å². The lowest BCUT2D eigenvalue weighted by Crippen LogP contribution is -1.89. The van der Waals surface area contributed by atoms with E-state index in [0.717, 1.165) is 5.56 Å². The fourth-order valence-corrected chi connectivity index (χ4v) is 1.18. The molecule has 12 heavy (non-hydrogen) atoms. The van der Waals surface area contributed by atoms with Crippen molar-refractivity contribution in [1.82, 2.24) is 0 Å². The van der Waals surface area contributed by atoms with Gasteiger partial charge in [0, 0.05) is 5.88 Å². The van der Waals surface area contributed by atoms with E-state index in [2.05, 4.69) is 0 Å². The fourth-order valence-electron chi connectivity index (χ4n) is 0.963. The monoisotopic (exact) mass is 184 g/mol. The quantitative estimate of drug-likeness (QED) is 0.576. The third-order valence-electron chi connectivity index (χ3n) is 1.60. The smallest absolute Gasteiger partial charge is 0.153 e. The molecule has 0 saturated heterocycles. The number of aromatic hydroxyl groups is 1. The summed E-state index contributed by atoms with van der Waals surface area (Å²) in [5.74, 6) is 0.534. The summed E-state index contributed by atoms with van der Waals surface area (Å²) in [4.78, 5) is 10.4. The van der Waals surface area contributed by atoms with Crippen LogP contribution < -0.4 is 0 Å². The van der Waals surface area contributed by atoms with Crippen LogP contribution in [0.15, 0.2) is 18.2 Å². The number of phenols is 1. The lowest BCUT2D eigenvalue weighted by atomic mass is 10.1. The molecule has 0 heterocycles. The van der Waals surface area contributed by atoms with Crippen molar-refractivity contribution in [3.8, 4) is 5.75 Å². The molecule has 0 aromatic heterocycles. The standard InChI is InChI=1S/C9H9ClO2/c10-4-3-7-1-2-9(12)8(5-7)6-11/h1-2,5-6,12H,3-4H2. The van der Waals surface area contributed by atoms with Crippen LogP contribution in [-0.2, 0) is 6.42 Å². The van der Waals surface area contributed by atoms with Crippen LogP contribution >= 0.6 is 11.6 Å². The van der Waals surface area contributed by atoms with Gasteiger partial charge in [0.05, 0.1) is 5.56 Å². The second kappa shape index (κ2) is 4.12. The molecular weight excluding hydrogens is 176 g/mol. The summed E-state index contributed by atoms with van der Waals surface area (Å²) in [6.45, 7) is 0. The van der Waals surface area contributed by atoms with E-state index < -0.39 is 0 Å². The molecule has 1 N–H and O–H groups in total. The number of rotatable bonds is 3. The van der Waals surface area contributed by atoms with E-state index in [1.54, 1.807) is 12.1 Å². The summed E-state index contributed by atoms with van der Waals surface area (Å²) in [5, 5.41) is 9.14. The molecule has 1 aromatic carbocycles. The number of aryl methyl sites for hydroxylation is 1. The van der Waals surface area contributed by atoms with Crippen molar-refractivity contribution in [2.24, 2.45) is 0 Å². The number of benzene rings is 1. The normalized spacial score (nSPS) is 9.75. The molecule has 0 saturated carbocycles. The molecule has 64 valence electrons. The zero-order valence-corrected chi connectivity index (χ0v) is 7.21. The molecule has 0 bridgehead atoms. The van der Waals surface area contributed by atoms with Gasteiger partial charge in [0.25, 0.3) is 0 Å². The maximum absolute atomic E-state index is 10.4. The number of alkyl halides is 1. The number of halogens is 1. The van der Waals surface area contributed by atoms with Crippen molar-refractivity contribution < 1.29 is 9.90 Å². The molecule has 0 aliphatic rings. The largest absolute Gasteiger partial charge is 0.507 e. The van der Waals surface area contributed by atoms with Crippen molar-refractivity contribution in [2.45, 2.75) is 6.42 Å². The Morgan fingerprint density at radius 3 is 2.83 bits per heavy atom. The lowest BCUT2D eigenvalue weighted by Gasteiger charge is -2.00. The minimum absolute atomic E-state index is 0.0170. The topological polar surface area (TPSA) is 37.3 Å². The minimum Gasteiger partial charge on any atom is -0.507 e. The molecule has 1 aromatic rings. The molecule has 0 spiro atoms. The molecule has 0 amide bonds. The Morgan fingerprint density at radius 1 is 1.50 bits per heavy atom. The Hall–Kier alpha value is -1.02. The average molecular weight is 185 g/mol. The number of carbonyl (C=O) groups is 1. The summed E-state index contributed by atoms with van der Waals surface area (Å²) in [6.07, 6.45) is 1.34. The number of phenolic OH excluding ortho intramolecular Hbond substituents is 1. The predicted molar refractivity (Wildman–Crippen MR) is 47.9 cm³/mol. The highest BCUT2D eigenvalue weighted by Gasteiger charge is 2.00. The zero-order valence-electron chi connectivity index (χ0n) is 6.46. The second-order valence-corrected chi connectivity index (χ2v) is 2.83. The number of carbonyl (C=O) groups excluding carboxylic acids is 1. The maximum atomic E-state index is 10.4. The highest BCUT2D eigenvalue weighted by Crippen LogP contribution is 2.16. The molecular formula is C9H9ClO2. The third kappa shape index (κ3) is 1.98. The molecule has 1 rings (SSSR count). The Kier molecular flexibility index (Phi) is 3.11. The third-order valence-corrected chi connectivity index (χ3v) is 1.79. The summed E-state index contributed by atoms with van der Waals surface area (Å²) in [7, 11) is 0. The first kappa shape index (κ1) is 9.07. The lowest BCUT2D eigenvalue weighted by molar-refractivity contribution is 0.112. The maximum Gasteiger partial charge on any atom is 0.153 e. The second-order valence-electron chi connectivity index (χ2n) is 2.45. The van der Waals surface area contributed by atoms with Crippen LogP contribution in [0.2, 0.25) is 0 Å². The molecule has 0 unspecified atom stereocenters. The molecule has 3 heteroatoms. The van der Waals surface area contributed by atoms with E-state index >= 15 is 0 Å². The molecule has 0 aliphatic heterocycles. The van der Waals surface area contributed by atoms with Crippen LogP contribution in [0.4, 0.5) is 0 Å². The van der Waals surface area contributed by atoms with E-state index in [9.17, 15) is 4.79 Å². The van der Waals surface area contributed by atoms with Crippen LogP contribution in [0.1, 0.15) is 15.9 Å². The van der Waals surface area contributed by atoms with Gasteiger partial charge in [-0.25, -0.2) is 0 Å². The van der Waals surface area contributed by atoms with E-state index in [1.165, 1.54) is 6.07 Å². The van der Waals surface area contributed by atoms with Crippen LogP contribution in [0.5, 0.6) is 5.75 Å². The van der Waals surface area contributed by atoms with Crippen LogP contribution in [0, 0.1) is 0 Å². The highest BCUT2D eigenvalue weighted by molar-refractivity contribution is 6.18. The van der Waals surface area contributed by atoms with Crippen molar-refractivity contribution >= 4 is 17.9 Å². The van der Waals surface area contributed by atoms with Crippen molar-refractivity contribution in [2.75, 3.05) is 5.88 Å². The van der Waals surface area contributed by atoms with Crippen LogP contribution in [0.3, 0.4) is 0 Å². The number of hydrogen-bond donors (Lipinski definition) is 1. The first-order chi connectivity index (χ1) is 5.77. The van der Waals surface area contributed by atoms with Gasteiger partial charge < -0.3 is 5.11 Å². The van der Waals surface area contributed by atoms with Gasteiger partial charge in [-0.1, -0.05) is 6.07 Å². The van der Waals surface area contributed by atoms with Gasteiger partial charge in [-0.15, -0.1) is 11.6 Å². The van der Waals surface area contributed by atoms with Gasteiger partial charge >= 0.3 is 0 Å². The fraction of sp³-hybridized carbons (Fsp3) is 0.222. The Balaban J connectivity index is 2.96. The minimum atomic E-state index is 0.0170. The molecule has 0 atom stereocenters.